The maximum Gasteiger partial charge on any atom is 0.271 e. The fraction of sp³-hybridized carbons (Fsp3) is 0.259. The van der Waals surface area contributed by atoms with E-state index >= 15 is 4.39 Å². The summed E-state index contributed by atoms with van der Waals surface area (Å²) >= 11 is 5.68. The second-order valence-electron chi connectivity index (χ2n) is 9.68. The quantitative estimate of drug-likeness (QED) is 0.322. The van der Waals surface area contributed by atoms with E-state index in [0.717, 1.165) is 11.0 Å². The van der Waals surface area contributed by atoms with E-state index in [-0.39, 0.29) is 27.6 Å². The highest BCUT2D eigenvalue weighted by molar-refractivity contribution is 7.81. The first-order valence-corrected chi connectivity index (χ1v) is 12.4. The second-order valence-corrected chi connectivity index (χ2v) is 10.0. The maximum atomic E-state index is 15.6. The van der Waals surface area contributed by atoms with E-state index in [2.05, 4.69) is 20.2 Å². The third-order valence-electron chi connectivity index (χ3n) is 6.64. The summed E-state index contributed by atoms with van der Waals surface area (Å²) in [6, 6.07) is 10.0. The minimum atomic E-state index is -3.33. The van der Waals surface area contributed by atoms with Crippen LogP contribution in [0.15, 0.2) is 42.6 Å². The first-order chi connectivity index (χ1) is 18.4. The first-order valence-electron chi connectivity index (χ1n) is 12.0. The molecule has 1 saturated heterocycles. The van der Waals surface area contributed by atoms with Crippen LogP contribution in [0.25, 0.3) is 22.3 Å². The Kier molecular flexibility index (Phi) is 6.14. The lowest BCUT2D eigenvalue weighted by Gasteiger charge is -2.29. The van der Waals surface area contributed by atoms with Gasteiger partial charge in [0, 0.05) is 36.2 Å². The molecule has 1 N–H and O–H groups in total. The Morgan fingerprint density at radius 3 is 2.51 bits per heavy atom. The number of H-pyrrole nitrogens is 1. The number of halogens is 3. The van der Waals surface area contributed by atoms with Crippen molar-refractivity contribution in [3.8, 4) is 17.5 Å². The third kappa shape index (κ3) is 4.19. The summed E-state index contributed by atoms with van der Waals surface area (Å²) in [5.74, 6) is -4.03. The number of nitrogens with one attached hydrogen (secondary N) is 1. The molecule has 0 aliphatic carbocycles. The molecule has 5 rings (SSSR count). The van der Waals surface area contributed by atoms with Crippen molar-refractivity contribution in [2.75, 3.05) is 9.80 Å². The number of hydrogen-bond acceptors (Lipinski definition) is 6. The van der Waals surface area contributed by atoms with Crippen LogP contribution in [-0.2, 0) is 17.1 Å². The van der Waals surface area contributed by atoms with E-state index < -0.39 is 28.7 Å². The van der Waals surface area contributed by atoms with Gasteiger partial charge < -0.3 is 4.90 Å². The Balaban J connectivity index is 1.67. The van der Waals surface area contributed by atoms with Crippen molar-refractivity contribution >= 4 is 45.5 Å². The van der Waals surface area contributed by atoms with Gasteiger partial charge in [-0.3, -0.25) is 14.8 Å². The summed E-state index contributed by atoms with van der Waals surface area (Å²) in [4.78, 5) is 25.2. The number of fused-ring (bicyclic) bond motifs is 1. The molecule has 2 aromatic carbocycles. The number of nitriles is 1. The van der Waals surface area contributed by atoms with Gasteiger partial charge in [-0.15, -0.1) is 0 Å². The van der Waals surface area contributed by atoms with Gasteiger partial charge in [-0.25, -0.2) is 23.1 Å². The lowest BCUT2D eigenvalue weighted by atomic mass is 10.0. The van der Waals surface area contributed by atoms with Crippen LogP contribution in [0.1, 0.15) is 44.6 Å². The van der Waals surface area contributed by atoms with E-state index in [1.165, 1.54) is 23.1 Å². The van der Waals surface area contributed by atoms with Gasteiger partial charge in [-0.05, 0) is 62.5 Å². The van der Waals surface area contributed by atoms with Crippen molar-refractivity contribution in [1.29, 1.82) is 5.26 Å². The molecule has 1 fully saturated rings. The van der Waals surface area contributed by atoms with Gasteiger partial charge in [0.1, 0.15) is 16.9 Å². The molecule has 0 unspecified atom stereocenters. The first kappa shape index (κ1) is 26.2. The summed E-state index contributed by atoms with van der Waals surface area (Å²) in [5.41, 5.74) is -0.626. The number of rotatable bonds is 5. The van der Waals surface area contributed by atoms with Crippen LogP contribution in [0, 0.1) is 17.1 Å². The molecule has 0 spiro atoms. The van der Waals surface area contributed by atoms with Crippen LogP contribution in [-0.4, -0.2) is 36.7 Å². The minimum absolute atomic E-state index is 0.0342. The molecule has 8 nitrogen and oxygen atoms in total. The molecule has 1 amide bonds. The van der Waals surface area contributed by atoms with Gasteiger partial charge in [0.05, 0.1) is 28.7 Å². The molecule has 4 aromatic rings. The molecular formula is C27H22F3N7OS. The number of hydrogen-bond donors (Lipinski definition) is 1. The SMILES string of the molecule is CCc1nc(-c2ccn[nH]2)c2cc(N3C(=S)N(c4ccc(C#N)c(C(C)(F)F)c4)C(=O)C3(C)C)cc(F)c2n1. The molecule has 198 valence electrons. The molecule has 1 aliphatic heterocycles. The van der Waals surface area contributed by atoms with Crippen LogP contribution >= 0.6 is 12.2 Å². The van der Waals surface area contributed by atoms with Crippen LogP contribution in [0.5, 0.6) is 0 Å². The van der Waals surface area contributed by atoms with Crippen molar-refractivity contribution in [1.82, 2.24) is 20.2 Å². The van der Waals surface area contributed by atoms with Crippen LogP contribution in [0.4, 0.5) is 24.5 Å². The lowest BCUT2D eigenvalue weighted by Crippen LogP contribution is -2.44. The number of alkyl halides is 2. The highest BCUT2D eigenvalue weighted by Gasteiger charge is 2.50. The highest BCUT2D eigenvalue weighted by Crippen LogP contribution is 2.41. The number of benzene rings is 2. The van der Waals surface area contributed by atoms with Gasteiger partial charge in [0.15, 0.2) is 10.9 Å². The molecule has 0 atom stereocenters. The van der Waals surface area contributed by atoms with E-state index in [4.69, 9.17) is 12.2 Å². The summed E-state index contributed by atoms with van der Waals surface area (Å²) in [6.45, 7) is 5.75. The minimum Gasteiger partial charge on any atom is -0.303 e. The van der Waals surface area contributed by atoms with E-state index in [9.17, 15) is 18.8 Å². The third-order valence-corrected chi connectivity index (χ3v) is 7.00. The average molecular weight is 550 g/mol. The summed E-state index contributed by atoms with van der Waals surface area (Å²) in [5, 5.41) is 16.5. The molecule has 39 heavy (non-hydrogen) atoms. The van der Waals surface area contributed by atoms with Crippen molar-refractivity contribution in [3.05, 3.63) is 65.4 Å². The Hall–Kier alpha value is -4.37. The number of aromatic amines is 1. The molecule has 0 saturated carbocycles. The summed E-state index contributed by atoms with van der Waals surface area (Å²) < 4.78 is 44.2. The topological polar surface area (TPSA) is 102 Å². The number of nitrogens with zero attached hydrogens (tertiary/aromatic N) is 6. The van der Waals surface area contributed by atoms with Crippen LogP contribution in [0.2, 0.25) is 0 Å². The zero-order valence-corrected chi connectivity index (χ0v) is 22.2. The number of aromatic nitrogens is 4. The normalized spacial score (nSPS) is 15.3. The van der Waals surface area contributed by atoms with E-state index in [0.29, 0.717) is 35.9 Å². The zero-order valence-electron chi connectivity index (χ0n) is 21.4. The monoisotopic (exact) mass is 549 g/mol. The van der Waals surface area contributed by atoms with Crippen molar-refractivity contribution in [2.24, 2.45) is 0 Å². The fourth-order valence-corrected chi connectivity index (χ4v) is 5.21. The predicted octanol–water partition coefficient (Wildman–Crippen LogP) is 5.62. The van der Waals surface area contributed by atoms with E-state index in [1.807, 2.05) is 6.92 Å². The van der Waals surface area contributed by atoms with Crippen LogP contribution in [0.3, 0.4) is 0 Å². The summed E-state index contributed by atoms with van der Waals surface area (Å²) in [7, 11) is 0. The number of carbonyl (C=O) groups excluding carboxylic acids is 1. The number of aryl methyl sites for hydroxylation is 1. The Morgan fingerprint density at radius 1 is 1.15 bits per heavy atom. The number of thiocarbonyl (C=S) groups is 1. The standard InChI is InChI=1S/C27H22F3N7OS/c1-5-21-33-22-17(23(34-21)20-8-9-32-35-20)10-16(12-19(22)28)37-25(39)36(24(38)26(37,2)3)15-7-6-14(13-31)18(11-15)27(4,29)30/h6-12H,5H2,1-4H3,(H,32,35). The fourth-order valence-electron chi connectivity index (χ4n) is 4.69. The largest absolute Gasteiger partial charge is 0.303 e. The maximum absolute atomic E-state index is 15.6. The summed E-state index contributed by atoms with van der Waals surface area (Å²) in [6.07, 6.45) is 2.03. The Bertz CT molecular complexity index is 1690. The Labute approximate surface area is 227 Å². The smallest absolute Gasteiger partial charge is 0.271 e. The number of anilines is 2. The molecule has 3 heterocycles. The Morgan fingerprint density at radius 2 is 1.90 bits per heavy atom. The molecule has 0 bridgehead atoms. The number of carbonyl (C=O) groups is 1. The van der Waals surface area contributed by atoms with Gasteiger partial charge in [-0.1, -0.05) is 6.92 Å². The lowest BCUT2D eigenvalue weighted by molar-refractivity contribution is -0.120. The van der Waals surface area contributed by atoms with Gasteiger partial charge >= 0.3 is 0 Å². The van der Waals surface area contributed by atoms with Crippen molar-refractivity contribution in [3.63, 3.8) is 0 Å². The van der Waals surface area contributed by atoms with Crippen molar-refractivity contribution in [2.45, 2.75) is 45.6 Å². The average Bonchev–Trinajstić information content (AvgIpc) is 3.48. The molecule has 12 heteroatoms. The molecule has 0 radical (unpaired) electrons. The number of amides is 1. The molecule has 1 aliphatic rings. The van der Waals surface area contributed by atoms with Gasteiger partial charge in [0.25, 0.3) is 11.8 Å². The second kappa shape index (κ2) is 9.13. The molecule has 2 aromatic heterocycles. The van der Waals surface area contributed by atoms with E-state index in [1.54, 1.807) is 38.2 Å². The van der Waals surface area contributed by atoms with Crippen LogP contribution < -0.4 is 9.80 Å². The predicted molar refractivity (Wildman–Crippen MR) is 144 cm³/mol. The zero-order chi connectivity index (χ0) is 28.3. The van der Waals surface area contributed by atoms with Crippen molar-refractivity contribution < 1.29 is 18.0 Å². The highest BCUT2D eigenvalue weighted by atomic mass is 32.1. The van der Waals surface area contributed by atoms with Gasteiger partial charge in [0.2, 0.25) is 0 Å². The molecular weight excluding hydrogens is 527 g/mol. The van der Waals surface area contributed by atoms with Gasteiger partial charge in [-0.2, -0.15) is 10.4 Å².